The van der Waals surface area contributed by atoms with Crippen LogP contribution in [-0.4, -0.2) is 42.3 Å². The molecule has 0 fully saturated rings. The predicted octanol–water partition coefficient (Wildman–Crippen LogP) is 1.67. The first kappa shape index (κ1) is 15.2. The van der Waals surface area contributed by atoms with Gasteiger partial charge in [0.25, 0.3) is 5.56 Å². The summed E-state index contributed by atoms with van der Waals surface area (Å²) in [5.74, 6) is 0. The Bertz CT molecular complexity index is 1240. The Labute approximate surface area is 151 Å². The maximum absolute atomic E-state index is 12.9. The van der Waals surface area contributed by atoms with E-state index in [2.05, 4.69) is 20.3 Å². The highest BCUT2D eigenvalue weighted by atomic mass is 32.1. The van der Waals surface area contributed by atoms with Gasteiger partial charge in [0.1, 0.15) is 10.5 Å². The van der Waals surface area contributed by atoms with Gasteiger partial charge >= 0.3 is 0 Å². The topological polar surface area (TPSA) is 93.8 Å². The van der Waals surface area contributed by atoms with Crippen molar-refractivity contribution in [2.75, 3.05) is 6.54 Å². The van der Waals surface area contributed by atoms with Gasteiger partial charge in [-0.1, -0.05) is 0 Å². The molecule has 0 atom stereocenters. The fourth-order valence-corrected chi connectivity index (χ4v) is 4.37. The minimum Gasteiger partial charge on any atom is -0.323 e. The highest BCUT2D eigenvalue weighted by molar-refractivity contribution is 7.19. The first-order valence-corrected chi connectivity index (χ1v) is 9.02. The summed E-state index contributed by atoms with van der Waals surface area (Å²) in [6, 6.07) is 1.94. The van der Waals surface area contributed by atoms with Gasteiger partial charge in [0.05, 0.1) is 24.0 Å². The summed E-state index contributed by atoms with van der Waals surface area (Å²) in [5.41, 5.74) is 3.45. The number of aromatic amines is 1. The molecule has 0 saturated heterocycles. The van der Waals surface area contributed by atoms with Gasteiger partial charge in [-0.25, -0.2) is 9.67 Å². The average molecular weight is 365 g/mol. The molecule has 5 heterocycles. The molecule has 1 aliphatic rings. The first-order valence-electron chi connectivity index (χ1n) is 8.21. The number of nitrogens with zero attached hydrogens (tertiary/aromatic N) is 6. The van der Waals surface area contributed by atoms with E-state index in [-0.39, 0.29) is 5.56 Å². The Morgan fingerprint density at radius 3 is 3.08 bits per heavy atom. The predicted molar refractivity (Wildman–Crippen MR) is 101 cm³/mol. The van der Waals surface area contributed by atoms with E-state index in [4.69, 9.17) is 4.98 Å². The molecular weight excluding hydrogens is 350 g/mol. The van der Waals surface area contributed by atoms with Crippen LogP contribution in [0.4, 0.5) is 0 Å². The van der Waals surface area contributed by atoms with Crippen LogP contribution in [0, 0.1) is 0 Å². The van der Waals surface area contributed by atoms with Crippen LogP contribution in [0.25, 0.3) is 21.3 Å². The molecule has 1 aliphatic heterocycles. The van der Waals surface area contributed by atoms with Gasteiger partial charge in [0.15, 0.2) is 5.65 Å². The summed E-state index contributed by atoms with van der Waals surface area (Å²) < 4.78 is 4.37. The Balaban J connectivity index is 1.60. The van der Waals surface area contributed by atoms with E-state index in [1.165, 1.54) is 4.68 Å². The summed E-state index contributed by atoms with van der Waals surface area (Å²) in [4.78, 5) is 21.8. The first-order chi connectivity index (χ1) is 12.7. The number of thiazole rings is 1. The number of aryl methyl sites for hydroxylation is 1. The van der Waals surface area contributed by atoms with Crippen LogP contribution in [0.1, 0.15) is 10.7 Å². The molecule has 26 heavy (non-hydrogen) atoms. The number of allylic oxidation sites excluding steroid dienone is 1. The number of H-pyrrole nitrogens is 1. The standard InChI is InChI=1S/C17H15N7OS/c1-23-14-12(8-20-24(17(14)25)9-10-2-4-18-7-10)15-16(23)21-13(26-15)6-11-3-5-19-22-11/h2-5,8H,6-7,9H2,1H3,(H,19,22). The Hall–Kier alpha value is -3.07. The highest BCUT2D eigenvalue weighted by Gasteiger charge is 2.18. The number of aromatic nitrogens is 6. The molecule has 9 heteroatoms. The zero-order valence-corrected chi connectivity index (χ0v) is 14.8. The number of nitrogens with one attached hydrogen (secondary N) is 1. The number of hydrogen-bond donors (Lipinski definition) is 1. The molecular formula is C17H15N7OS. The minimum absolute atomic E-state index is 0.0990. The van der Waals surface area contributed by atoms with E-state index >= 15 is 0 Å². The van der Waals surface area contributed by atoms with Gasteiger partial charge in [-0.15, -0.1) is 11.3 Å². The van der Waals surface area contributed by atoms with Crippen LogP contribution in [0.5, 0.6) is 0 Å². The van der Waals surface area contributed by atoms with Crippen LogP contribution in [0.2, 0.25) is 0 Å². The molecule has 1 N–H and O–H groups in total. The second-order valence-corrected chi connectivity index (χ2v) is 7.35. The summed E-state index contributed by atoms with van der Waals surface area (Å²) in [5, 5.41) is 13.1. The summed E-state index contributed by atoms with van der Waals surface area (Å²) in [6.07, 6.45) is 7.90. The lowest BCUT2D eigenvalue weighted by Gasteiger charge is -2.05. The number of hydrogen-bond acceptors (Lipinski definition) is 6. The van der Waals surface area contributed by atoms with Crippen molar-refractivity contribution in [3.63, 3.8) is 0 Å². The molecule has 4 aromatic heterocycles. The lowest BCUT2D eigenvalue weighted by molar-refractivity contribution is 0.632. The van der Waals surface area contributed by atoms with Crippen molar-refractivity contribution in [2.24, 2.45) is 12.0 Å². The van der Waals surface area contributed by atoms with Crippen molar-refractivity contribution < 1.29 is 0 Å². The summed E-state index contributed by atoms with van der Waals surface area (Å²) >= 11 is 1.59. The molecule has 5 rings (SSSR count). The number of aliphatic imine (C=N–C) groups is 1. The zero-order valence-electron chi connectivity index (χ0n) is 14.0. The molecule has 4 aromatic rings. The van der Waals surface area contributed by atoms with Crippen LogP contribution >= 0.6 is 11.3 Å². The molecule has 0 bridgehead atoms. The second kappa shape index (κ2) is 5.73. The minimum atomic E-state index is -0.0990. The van der Waals surface area contributed by atoms with Crippen molar-refractivity contribution in [1.82, 2.24) is 29.5 Å². The maximum Gasteiger partial charge on any atom is 0.291 e. The zero-order chi connectivity index (χ0) is 17.7. The molecule has 8 nitrogen and oxygen atoms in total. The number of fused-ring (bicyclic) bond motifs is 3. The van der Waals surface area contributed by atoms with Gasteiger partial charge in [-0.3, -0.25) is 14.9 Å². The van der Waals surface area contributed by atoms with Crippen molar-refractivity contribution in [3.05, 3.63) is 51.2 Å². The van der Waals surface area contributed by atoms with Crippen LogP contribution in [0.3, 0.4) is 0 Å². The van der Waals surface area contributed by atoms with Crippen LogP contribution < -0.4 is 5.56 Å². The lowest BCUT2D eigenvalue weighted by Crippen LogP contribution is -2.25. The van der Waals surface area contributed by atoms with Gasteiger partial charge < -0.3 is 4.57 Å². The molecule has 0 amide bonds. The van der Waals surface area contributed by atoms with Gasteiger partial charge in [-0.2, -0.15) is 10.2 Å². The fraction of sp³-hybridized carbons (Fsp3) is 0.235. The maximum atomic E-state index is 12.9. The Morgan fingerprint density at radius 1 is 1.38 bits per heavy atom. The average Bonchev–Trinajstić information content (AvgIpc) is 3.39. The second-order valence-electron chi connectivity index (χ2n) is 6.26. The van der Waals surface area contributed by atoms with E-state index < -0.39 is 0 Å². The molecule has 0 aromatic carbocycles. The Morgan fingerprint density at radius 2 is 2.31 bits per heavy atom. The van der Waals surface area contributed by atoms with E-state index in [0.717, 1.165) is 32.0 Å². The largest absolute Gasteiger partial charge is 0.323 e. The van der Waals surface area contributed by atoms with Crippen LogP contribution in [0.15, 0.2) is 39.9 Å². The van der Waals surface area contributed by atoms with E-state index in [1.54, 1.807) is 29.9 Å². The van der Waals surface area contributed by atoms with Gasteiger partial charge in [0, 0.05) is 37.0 Å². The molecule has 0 radical (unpaired) electrons. The third-order valence-corrected chi connectivity index (χ3v) is 5.61. The SMILES string of the molecule is Cn1c2nc(Cc3ccn[nH]3)sc2c2cnn(CC3=CC=NC3)c(=O)c21. The van der Waals surface area contributed by atoms with Crippen molar-refractivity contribution >= 4 is 38.8 Å². The monoisotopic (exact) mass is 365 g/mol. The molecule has 0 unspecified atom stereocenters. The number of rotatable bonds is 4. The lowest BCUT2D eigenvalue weighted by atomic mass is 10.3. The molecule has 0 saturated carbocycles. The highest BCUT2D eigenvalue weighted by Crippen LogP contribution is 2.31. The van der Waals surface area contributed by atoms with Crippen molar-refractivity contribution in [1.29, 1.82) is 0 Å². The van der Waals surface area contributed by atoms with E-state index in [9.17, 15) is 4.79 Å². The third-order valence-electron chi connectivity index (χ3n) is 4.53. The van der Waals surface area contributed by atoms with Crippen molar-refractivity contribution in [3.8, 4) is 0 Å². The van der Waals surface area contributed by atoms with Gasteiger partial charge in [-0.05, 0) is 17.7 Å². The molecule has 0 spiro atoms. The smallest absolute Gasteiger partial charge is 0.291 e. The van der Waals surface area contributed by atoms with Gasteiger partial charge in [0.2, 0.25) is 0 Å². The molecule has 130 valence electrons. The quantitative estimate of drug-likeness (QED) is 0.595. The van der Waals surface area contributed by atoms with E-state index in [0.29, 0.717) is 25.0 Å². The van der Waals surface area contributed by atoms with Crippen LogP contribution in [-0.2, 0) is 20.0 Å². The summed E-state index contributed by atoms with van der Waals surface area (Å²) in [7, 11) is 1.88. The normalized spacial score (nSPS) is 14.0. The summed E-state index contributed by atoms with van der Waals surface area (Å²) in [6.45, 7) is 1.10. The Kier molecular flexibility index (Phi) is 3.35. The van der Waals surface area contributed by atoms with Crippen molar-refractivity contribution in [2.45, 2.75) is 13.0 Å². The molecule has 0 aliphatic carbocycles. The fourth-order valence-electron chi connectivity index (χ4n) is 3.24. The third kappa shape index (κ3) is 2.31. The van der Waals surface area contributed by atoms with E-state index in [1.807, 2.05) is 23.8 Å².